The van der Waals surface area contributed by atoms with Gasteiger partial charge < -0.3 is 10.2 Å². The van der Waals surface area contributed by atoms with Crippen molar-refractivity contribution >= 4 is 29.0 Å². The largest absolute Gasteiger partial charge is 0.347 e. The smallest absolute Gasteiger partial charge is 0.261 e. The van der Waals surface area contributed by atoms with Crippen LogP contribution in [0.4, 0.5) is 0 Å². The molecule has 4 heterocycles. The molecule has 1 aromatic carbocycles. The van der Waals surface area contributed by atoms with Crippen LogP contribution in [0.25, 0.3) is 0 Å². The van der Waals surface area contributed by atoms with Crippen molar-refractivity contribution in [2.24, 2.45) is 5.92 Å². The molecule has 0 saturated carbocycles. The highest BCUT2D eigenvalue weighted by Gasteiger charge is 2.35. The normalized spacial score (nSPS) is 24.7. The highest BCUT2D eigenvalue weighted by atomic mass is 32.2. The van der Waals surface area contributed by atoms with Crippen LogP contribution in [-0.2, 0) is 0 Å². The molecule has 128 valence electrons. The van der Waals surface area contributed by atoms with Gasteiger partial charge in [-0.2, -0.15) is 5.26 Å². The number of hydrogen-bond acceptors (Lipinski definition) is 5. The summed E-state index contributed by atoms with van der Waals surface area (Å²) in [5, 5.41) is 12.2. The number of thiophene rings is 1. The minimum Gasteiger partial charge on any atom is -0.347 e. The van der Waals surface area contributed by atoms with E-state index in [1.54, 1.807) is 17.8 Å². The van der Waals surface area contributed by atoms with Gasteiger partial charge in [0.25, 0.3) is 5.91 Å². The van der Waals surface area contributed by atoms with E-state index in [0.29, 0.717) is 17.5 Å². The molecule has 2 aromatic rings. The van der Waals surface area contributed by atoms with Gasteiger partial charge in [-0.15, -0.1) is 11.3 Å². The van der Waals surface area contributed by atoms with Crippen LogP contribution in [0.2, 0.25) is 0 Å². The summed E-state index contributed by atoms with van der Waals surface area (Å²) in [5.74, 6) is 0.679. The van der Waals surface area contributed by atoms with Crippen molar-refractivity contribution in [2.75, 3.05) is 19.6 Å². The third-order valence-electron chi connectivity index (χ3n) is 4.96. The Labute approximate surface area is 155 Å². The van der Waals surface area contributed by atoms with Crippen molar-refractivity contribution in [3.05, 3.63) is 46.8 Å². The average molecular weight is 370 g/mol. The maximum absolute atomic E-state index is 12.6. The third kappa shape index (κ3) is 3.74. The zero-order valence-corrected chi connectivity index (χ0v) is 15.4. The minimum absolute atomic E-state index is 0.0429. The molecule has 3 saturated heterocycles. The summed E-state index contributed by atoms with van der Waals surface area (Å²) in [5.41, 5.74) is 0.655. The highest BCUT2D eigenvalue weighted by Crippen LogP contribution is 2.34. The second-order valence-electron chi connectivity index (χ2n) is 6.58. The van der Waals surface area contributed by atoms with E-state index in [0.717, 1.165) is 20.5 Å². The molecule has 5 rings (SSSR count). The Kier molecular flexibility index (Phi) is 4.80. The lowest BCUT2D eigenvalue weighted by atomic mass is 9.84. The van der Waals surface area contributed by atoms with E-state index in [1.165, 1.54) is 37.3 Å². The average Bonchev–Trinajstić information content (AvgIpc) is 3.11. The van der Waals surface area contributed by atoms with Gasteiger partial charge in [-0.05, 0) is 62.2 Å². The predicted molar refractivity (Wildman–Crippen MR) is 100 cm³/mol. The van der Waals surface area contributed by atoms with Crippen molar-refractivity contribution in [3.63, 3.8) is 0 Å². The summed E-state index contributed by atoms with van der Waals surface area (Å²) in [7, 11) is 0. The summed E-state index contributed by atoms with van der Waals surface area (Å²) in [6, 6.07) is 13.9. The van der Waals surface area contributed by atoms with E-state index >= 15 is 0 Å². The van der Waals surface area contributed by atoms with Gasteiger partial charge in [0.15, 0.2) is 0 Å². The Balaban J connectivity index is 1.40. The Morgan fingerprint density at radius 2 is 2.12 bits per heavy atom. The number of nitrogens with zero attached hydrogens (tertiary/aromatic N) is 2. The molecule has 1 atom stereocenters. The van der Waals surface area contributed by atoms with Gasteiger partial charge in [-0.3, -0.25) is 4.79 Å². The van der Waals surface area contributed by atoms with E-state index < -0.39 is 0 Å². The fraction of sp³-hybridized carbons (Fsp3) is 0.368. The van der Waals surface area contributed by atoms with E-state index in [1.807, 2.05) is 30.3 Å². The number of amides is 1. The monoisotopic (exact) mass is 369 g/mol. The maximum atomic E-state index is 12.6. The van der Waals surface area contributed by atoms with Gasteiger partial charge in [0, 0.05) is 17.5 Å². The molecule has 3 aliphatic rings. The van der Waals surface area contributed by atoms with Crippen LogP contribution in [0.15, 0.2) is 45.5 Å². The second-order valence-corrected chi connectivity index (χ2v) is 9.04. The zero-order valence-electron chi connectivity index (χ0n) is 13.8. The summed E-state index contributed by atoms with van der Waals surface area (Å²) in [6.07, 6.45) is 2.40. The van der Waals surface area contributed by atoms with Crippen LogP contribution in [0.5, 0.6) is 0 Å². The Bertz CT molecular complexity index is 818. The molecule has 0 aliphatic carbocycles. The molecule has 1 N–H and O–H groups in total. The molecule has 1 aromatic heterocycles. The van der Waals surface area contributed by atoms with E-state index in [4.69, 9.17) is 5.26 Å². The molecule has 4 nitrogen and oxygen atoms in total. The highest BCUT2D eigenvalue weighted by molar-refractivity contribution is 8.01. The summed E-state index contributed by atoms with van der Waals surface area (Å²) < 4.78 is 1.06. The summed E-state index contributed by atoms with van der Waals surface area (Å²) in [4.78, 5) is 16.8. The lowest BCUT2D eigenvalue weighted by Gasteiger charge is -2.44. The summed E-state index contributed by atoms with van der Waals surface area (Å²) >= 11 is 3.11. The Morgan fingerprint density at radius 1 is 1.28 bits per heavy atom. The maximum Gasteiger partial charge on any atom is 0.261 e. The zero-order chi connectivity index (χ0) is 17.2. The van der Waals surface area contributed by atoms with Crippen LogP contribution < -0.4 is 5.32 Å². The Hall–Kier alpha value is -1.81. The minimum atomic E-state index is 0.0429. The number of piperidine rings is 3. The van der Waals surface area contributed by atoms with Crippen molar-refractivity contribution in [1.29, 1.82) is 5.26 Å². The molecular formula is C19H19N3OS2. The fourth-order valence-electron chi connectivity index (χ4n) is 3.61. The van der Waals surface area contributed by atoms with Crippen molar-refractivity contribution < 1.29 is 4.79 Å². The first kappa shape index (κ1) is 16.6. The molecule has 0 radical (unpaired) electrons. The number of nitrogens with one attached hydrogen (secondary N) is 1. The van der Waals surface area contributed by atoms with E-state index in [-0.39, 0.29) is 5.91 Å². The van der Waals surface area contributed by atoms with Gasteiger partial charge in [0.2, 0.25) is 0 Å². The Morgan fingerprint density at radius 3 is 2.84 bits per heavy atom. The van der Waals surface area contributed by atoms with Crippen LogP contribution in [0.3, 0.4) is 0 Å². The predicted octanol–water partition coefficient (Wildman–Crippen LogP) is 3.59. The van der Waals surface area contributed by atoms with Gasteiger partial charge in [-0.1, -0.05) is 17.8 Å². The van der Waals surface area contributed by atoms with Crippen LogP contribution >= 0.6 is 23.1 Å². The van der Waals surface area contributed by atoms with Crippen LogP contribution in [-0.4, -0.2) is 36.5 Å². The van der Waals surface area contributed by atoms with Crippen molar-refractivity contribution in [3.8, 4) is 6.07 Å². The van der Waals surface area contributed by atoms with E-state index in [2.05, 4.69) is 16.3 Å². The van der Waals surface area contributed by atoms with Gasteiger partial charge in [0.1, 0.15) is 0 Å². The second kappa shape index (κ2) is 7.20. The summed E-state index contributed by atoms with van der Waals surface area (Å²) in [6.45, 7) is 3.35. The molecule has 6 heteroatoms. The third-order valence-corrected chi connectivity index (χ3v) is 7.16. The first-order valence-electron chi connectivity index (χ1n) is 8.52. The number of carbonyl (C=O) groups is 1. The molecule has 3 fully saturated rings. The molecule has 1 amide bonds. The van der Waals surface area contributed by atoms with Crippen molar-refractivity contribution in [2.45, 2.75) is 28.0 Å². The lowest BCUT2D eigenvalue weighted by molar-refractivity contribution is 0.0622. The topological polar surface area (TPSA) is 56.1 Å². The van der Waals surface area contributed by atoms with Gasteiger partial charge in [0.05, 0.1) is 20.7 Å². The molecule has 0 spiro atoms. The first-order valence-corrected chi connectivity index (χ1v) is 10.2. The molecule has 0 unspecified atom stereocenters. The van der Waals surface area contributed by atoms with Crippen LogP contribution in [0.1, 0.15) is 28.1 Å². The fourth-order valence-corrected chi connectivity index (χ4v) is 5.68. The van der Waals surface area contributed by atoms with Crippen LogP contribution in [0, 0.1) is 17.2 Å². The van der Waals surface area contributed by atoms with Gasteiger partial charge >= 0.3 is 0 Å². The molecular weight excluding hydrogens is 350 g/mol. The van der Waals surface area contributed by atoms with E-state index in [9.17, 15) is 4.79 Å². The quantitative estimate of drug-likeness (QED) is 0.895. The molecule has 3 aliphatic heterocycles. The number of hydrogen-bond donors (Lipinski definition) is 1. The number of nitriles is 1. The number of benzene rings is 1. The van der Waals surface area contributed by atoms with Gasteiger partial charge in [-0.25, -0.2) is 0 Å². The standard InChI is InChI=1S/C19H19N3OS2/c20-11-13-2-1-3-15(10-13)24-18-5-4-17(25-18)19(23)21-16-12-22-8-6-14(16)7-9-22/h1-5,10,14,16H,6-9,12H2,(H,21,23)/t16-/m0/s1. The lowest BCUT2D eigenvalue weighted by Crippen LogP contribution is -2.57. The number of fused-ring (bicyclic) bond motifs is 3. The molecule has 2 bridgehead atoms. The molecule has 25 heavy (non-hydrogen) atoms. The first-order chi connectivity index (χ1) is 12.2. The number of carbonyl (C=O) groups excluding carboxylic acids is 1. The van der Waals surface area contributed by atoms with Crippen molar-refractivity contribution in [1.82, 2.24) is 10.2 Å². The SMILES string of the molecule is N#Cc1cccc(Sc2ccc(C(=O)N[C@H]3CN4CCC3CC4)s2)c1. The number of rotatable bonds is 4.